The second kappa shape index (κ2) is 5.85. The number of hydrogen-bond acceptors (Lipinski definition) is 5. The van der Waals surface area contributed by atoms with Gasteiger partial charge in [0.25, 0.3) is 0 Å². The maximum Gasteiger partial charge on any atom is 0.338 e. The first kappa shape index (κ1) is 15.1. The Balaban J connectivity index is 1.58. The molecule has 0 amide bonds. The van der Waals surface area contributed by atoms with E-state index in [1.807, 2.05) is 0 Å². The zero-order valence-corrected chi connectivity index (χ0v) is 13.3. The van der Waals surface area contributed by atoms with Gasteiger partial charge in [0.15, 0.2) is 0 Å². The molecule has 124 valence electrons. The highest BCUT2D eigenvalue weighted by atomic mass is 19.1. The Morgan fingerprint density at radius 2 is 2.13 bits per heavy atom. The van der Waals surface area contributed by atoms with E-state index in [0.717, 1.165) is 19.6 Å². The molecule has 0 radical (unpaired) electrons. The van der Waals surface area contributed by atoms with E-state index in [4.69, 9.17) is 9.47 Å². The average molecular weight is 320 g/mol. The van der Waals surface area contributed by atoms with Crippen molar-refractivity contribution < 1.29 is 18.7 Å². The zero-order chi connectivity index (χ0) is 16.0. The summed E-state index contributed by atoms with van der Waals surface area (Å²) in [5, 5.41) is 0. The van der Waals surface area contributed by atoms with Gasteiger partial charge in [-0.2, -0.15) is 0 Å². The van der Waals surface area contributed by atoms with E-state index in [2.05, 4.69) is 16.8 Å². The Morgan fingerprint density at radius 3 is 3.00 bits per heavy atom. The van der Waals surface area contributed by atoms with Gasteiger partial charge in [0.2, 0.25) is 0 Å². The number of ether oxygens (including phenoxy) is 2. The number of fused-ring (bicyclic) bond motifs is 2. The molecule has 2 atom stereocenters. The number of cyclic esters (lactones) is 1. The summed E-state index contributed by atoms with van der Waals surface area (Å²) in [7, 11) is 2.12. The first-order valence-electron chi connectivity index (χ1n) is 8.16. The summed E-state index contributed by atoms with van der Waals surface area (Å²) in [4.78, 5) is 16.4. The van der Waals surface area contributed by atoms with Gasteiger partial charge in [-0.1, -0.05) is 6.07 Å². The van der Waals surface area contributed by atoms with Gasteiger partial charge in [-0.15, -0.1) is 0 Å². The van der Waals surface area contributed by atoms with E-state index in [-0.39, 0.29) is 18.5 Å². The Kier molecular flexibility index (Phi) is 3.83. The number of piperazine rings is 1. The van der Waals surface area contributed by atoms with Crippen molar-refractivity contribution in [3.05, 3.63) is 34.6 Å². The van der Waals surface area contributed by atoms with E-state index >= 15 is 0 Å². The van der Waals surface area contributed by atoms with Gasteiger partial charge < -0.3 is 14.4 Å². The smallest absolute Gasteiger partial charge is 0.338 e. The summed E-state index contributed by atoms with van der Waals surface area (Å²) < 4.78 is 25.8. The number of carbonyl (C=O) groups is 1. The molecular weight excluding hydrogens is 299 g/mol. The van der Waals surface area contributed by atoms with Gasteiger partial charge in [0, 0.05) is 49.8 Å². The van der Waals surface area contributed by atoms with Crippen molar-refractivity contribution in [2.45, 2.75) is 18.6 Å². The predicted molar refractivity (Wildman–Crippen MR) is 81.9 cm³/mol. The van der Waals surface area contributed by atoms with E-state index in [0.29, 0.717) is 42.3 Å². The van der Waals surface area contributed by atoms with Gasteiger partial charge in [0.1, 0.15) is 5.82 Å². The van der Waals surface area contributed by atoms with Crippen LogP contribution in [0.15, 0.2) is 12.1 Å². The SMILES string of the molecule is CN1CCN2CC(c3ccc4c(c3F)CCOC4=O)OCC2C1. The molecule has 6 heteroatoms. The van der Waals surface area contributed by atoms with E-state index < -0.39 is 5.97 Å². The molecule has 2 saturated heterocycles. The van der Waals surface area contributed by atoms with Crippen LogP contribution in [0.5, 0.6) is 0 Å². The first-order valence-corrected chi connectivity index (χ1v) is 8.16. The Labute approximate surface area is 135 Å². The molecule has 3 aliphatic rings. The number of hydrogen-bond donors (Lipinski definition) is 0. The molecule has 1 aromatic carbocycles. The minimum absolute atomic E-state index is 0.248. The van der Waals surface area contributed by atoms with Crippen LogP contribution in [0.4, 0.5) is 4.39 Å². The molecule has 23 heavy (non-hydrogen) atoms. The molecule has 0 N–H and O–H groups in total. The lowest BCUT2D eigenvalue weighted by Crippen LogP contribution is -2.57. The summed E-state index contributed by atoms with van der Waals surface area (Å²) in [5.41, 5.74) is 1.39. The van der Waals surface area contributed by atoms with E-state index in [1.54, 1.807) is 12.1 Å². The highest BCUT2D eigenvalue weighted by Gasteiger charge is 2.35. The molecule has 5 nitrogen and oxygen atoms in total. The molecule has 4 rings (SSSR count). The lowest BCUT2D eigenvalue weighted by atomic mass is 9.95. The van der Waals surface area contributed by atoms with Crippen LogP contribution in [0.1, 0.15) is 27.6 Å². The molecular formula is C17H21FN2O3. The summed E-state index contributed by atoms with van der Waals surface area (Å²) in [6, 6.07) is 3.75. The summed E-state index contributed by atoms with van der Waals surface area (Å²) in [6.45, 7) is 4.58. The van der Waals surface area contributed by atoms with Crippen LogP contribution in [-0.2, 0) is 15.9 Å². The number of esters is 1. The Hall–Kier alpha value is -1.50. The van der Waals surface area contributed by atoms with Crippen LogP contribution in [-0.4, -0.2) is 68.3 Å². The molecule has 0 aliphatic carbocycles. The lowest BCUT2D eigenvalue weighted by Gasteiger charge is -2.45. The number of morpholine rings is 1. The molecule has 3 heterocycles. The highest BCUT2D eigenvalue weighted by Crippen LogP contribution is 2.32. The monoisotopic (exact) mass is 320 g/mol. The van der Waals surface area contributed by atoms with Crippen molar-refractivity contribution in [2.75, 3.05) is 46.4 Å². The van der Waals surface area contributed by atoms with Crippen LogP contribution in [0.2, 0.25) is 0 Å². The number of halogens is 1. The molecule has 3 aliphatic heterocycles. The average Bonchev–Trinajstić information content (AvgIpc) is 2.56. The summed E-state index contributed by atoms with van der Waals surface area (Å²) >= 11 is 0. The standard InChI is InChI=1S/C17H21FN2O3/c1-19-5-6-20-9-15(23-10-11(20)8-19)14-3-2-13-12(16(14)18)4-7-22-17(13)21/h2-3,11,15H,4-10H2,1H3. The zero-order valence-electron chi connectivity index (χ0n) is 13.3. The van der Waals surface area contributed by atoms with Gasteiger partial charge in [0.05, 0.1) is 24.9 Å². The molecule has 2 unspecified atom stereocenters. The fraction of sp³-hybridized carbons (Fsp3) is 0.588. The fourth-order valence-corrected chi connectivity index (χ4v) is 3.77. The Morgan fingerprint density at radius 1 is 1.26 bits per heavy atom. The van der Waals surface area contributed by atoms with E-state index in [9.17, 15) is 9.18 Å². The quantitative estimate of drug-likeness (QED) is 0.728. The van der Waals surface area contributed by atoms with Crippen molar-refractivity contribution in [3.63, 3.8) is 0 Å². The molecule has 1 aromatic rings. The molecule has 0 spiro atoms. The second-order valence-corrected chi connectivity index (χ2v) is 6.61. The summed E-state index contributed by atoms with van der Waals surface area (Å²) in [5.74, 6) is -0.725. The van der Waals surface area contributed by atoms with Crippen molar-refractivity contribution in [1.82, 2.24) is 9.80 Å². The minimum atomic E-state index is -0.430. The number of benzene rings is 1. The predicted octanol–water partition coefficient (Wildman–Crippen LogP) is 1.23. The van der Waals surface area contributed by atoms with Crippen LogP contribution >= 0.6 is 0 Å². The first-order chi connectivity index (χ1) is 11.1. The highest BCUT2D eigenvalue weighted by molar-refractivity contribution is 5.92. The van der Waals surface area contributed by atoms with Crippen LogP contribution < -0.4 is 0 Å². The third-order valence-electron chi connectivity index (χ3n) is 5.12. The van der Waals surface area contributed by atoms with Gasteiger partial charge in [-0.25, -0.2) is 9.18 Å². The Bertz CT molecular complexity index is 637. The molecule has 0 saturated carbocycles. The van der Waals surface area contributed by atoms with Crippen molar-refractivity contribution in [3.8, 4) is 0 Å². The van der Waals surface area contributed by atoms with Crippen LogP contribution in [0.25, 0.3) is 0 Å². The minimum Gasteiger partial charge on any atom is -0.462 e. The third kappa shape index (κ3) is 2.65. The fourth-order valence-electron chi connectivity index (χ4n) is 3.77. The largest absolute Gasteiger partial charge is 0.462 e. The normalized spacial score (nSPS) is 28.9. The maximum absolute atomic E-state index is 14.9. The van der Waals surface area contributed by atoms with Crippen molar-refractivity contribution in [1.29, 1.82) is 0 Å². The topological polar surface area (TPSA) is 42.0 Å². The maximum atomic E-state index is 14.9. The molecule has 0 aromatic heterocycles. The van der Waals surface area contributed by atoms with Gasteiger partial charge in [-0.3, -0.25) is 4.90 Å². The van der Waals surface area contributed by atoms with Crippen molar-refractivity contribution in [2.24, 2.45) is 0 Å². The molecule has 0 bridgehead atoms. The van der Waals surface area contributed by atoms with Crippen LogP contribution in [0, 0.1) is 5.82 Å². The summed E-state index contributed by atoms with van der Waals surface area (Å²) in [6.07, 6.45) is 0.169. The van der Waals surface area contributed by atoms with Crippen molar-refractivity contribution >= 4 is 5.97 Å². The van der Waals surface area contributed by atoms with Gasteiger partial charge in [-0.05, 0) is 13.1 Å². The van der Waals surface area contributed by atoms with E-state index in [1.165, 1.54) is 0 Å². The van der Waals surface area contributed by atoms with Crippen LogP contribution in [0.3, 0.4) is 0 Å². The lowest BCUT2D eigenvalue weighted by molar-refractivity contribution is -0.0883. The second-order valence-electron chi connectivity index (χ2n) is 6.61. The number of rotatable bonds is 1. The number of nitrogens with zero attached hydrogens (tertiary/aromatic N) is 2. The third-order valence-corrected chi connectivity index (χ3v) is 5.12. The molecule has 2 fully saturated rings. The van der Waals surface area contributed by atoms with Gasteiger partial charge >= 0.3 is 5.97 Å². The number of carbonyl (C=O) groups excluding carboxylic acids is 1. The number of likely N-dealkylation sites (N-methyl/N-ethyl adjacent to an activating group) is 1.